The maximum atomic E-state index is 13.1. The van der Waals surface area contributed by atoms with Gasteiger partial charge in [-0.15, -0.1) is 11.8 Å². The van der Waals surface area contributed by atoms with Gasteiger partial charge in [0.2, 0.25) is 0 Å². The lowest BCUT2D eigenvalue weighted by molar-refractivity contribution is 0.0951. The minimum absolute atomic E-state index is 0.233. The van der Waals surface area contributed by atoms with Gasteiger partial charge in [0.25, 0.3) is 15.9 Å². The Labute approximate surface area is 192 Å². The molecule has 1 N–H and O–H groups in total. The number of carbonyl (C=O) groups is 1. The van der Waals surface area contributed by atoms with Gasteiger partial charge in [0.15, 0.2) is 0 Å². The van der Waals surface area contributed by atoms with Crippen molar-refractivity contribution < 1.29 is 13.2 Å². The van der Waals surface area contributed by atoms with Gasteiger partial charge in [-0.3, -0.25) is 9.10 Å². The van der Waals surface area contributed by atoms with Crippen LogP contribution in [0.2, 0.25) is 5.02 Å². The molecule has 31 heavy (non-hydrogen) atoms. The van der Waals surface area contributed by atoms with Crippen LogP contribution in [0.3, 0.4) is 0 Å². The zero-order valence-electron chi connectivity index (χ0n) is 17.2. The van der Waals surface area contributed by atoms with Crippen LogP contribution in [0, 0.1) is 0 Å². The van der Waals surface area contributed by atoms with Crippen LogP contribution in [0.15, 0.2) is 82.6 Å². The molecule has 0 radical (unpaired) electrons. The van der Waals surface area contributed by atoms with E-state index in [9.17, 15) is 13.2 Å². The predicted octanol–water partition coefficient (Wildman–Crippen LogP) is 5.21. The molecule has 0 aliphatic heterocycles. The Bertz CT molecular complexity index is 1130. The van der Waals surface area contributed by atoms with Crippen LogP contribution in [0.25, 0.3) is 0 Å². The van der Waals surface area contributed by atoms with Crippen molar-refractivity contribution in [2.45, 2.75) is 23.3 Å². The molecule has 0 saturated heterocycles. The summed E-state index contributed by atoms with van der Waals surface area (Å²) in [4.78, 5) is 13.7. The van der Waals surface area contributed by atoms with Gasteiger partial charge in [0, 0.05) is 28.6 Å². The number of benzene rings is 3. The predicted molar refractivity (Wildman–Crippen MR) is 127 cm³/mol. The van der Waals surface area contributed by atoms with E-state index in [1.165, 1.54) is 4.31 Å². The third kappa shape index (κ3) is 5.61. The number of anilines is 1. The highest BCUT2D eigenvalue weighted by Gasteiger charge is 2.23. The second-order valence-electron chi connectivity index (χ2n) is 6.70. The minimum Gasteiger partial charge on any atom is -0.348 e. The van der Waals surface area contributed by atoms with Crippen LogP contribution in [0.1, 0.15) is 22.8 Å². The Hall–Kier alpha value is -2.48. The molecule has 3 aromatic carbocycles. The van der Waals surface area contributed by atoms with Crippen LogP contribution >= 0.6 is 23.4 Å². The van der Waals surface area contributed by atoms with Crippen molar-refractivity contribution in [2.75, 3.05) is 17.1 Å². The Balaban J connectivity index is 1.73. The van der Waals surface area contributed by atoms with E-state index in [1.807, 2.05) is 18.4 Å². The summed E-state index contributed by atoms with van der Waals surface area (Å²) >= 11 is 7.43. The molecule has 3 aromatic rings. The first kappa shape index (κ1) is 23.2. The van der Waals surface area contributed by atoms with E-state index in [4.69, 9.17) is 11.6 Å². The minimum atomic E-state index is -3.70. The zero-order chi connectivity index (χ0) is 22.4. The number of hydrogen-bond donors (Lipinski definition) is 1. The molecule has 0 saturated carbocycles. The first-order chi connectivity index (χ1) is 14.8. The number of amides is 1. The highest BCUT2D eigenvalue weighted by Crippen LogP contribution is 2.25. The van der Waals surface area contributed by atoms with E-state index in [0.717, 1.165) is 10.5 Å². The van der Waals surface area contributed by atoms with E-state index >= 15 is 0 Å². The molecule has 0 bridgehead atoms. The molecule has 5 nitrogen and oxygen atoms in total. The van der Waals surface area contributed by atoms with Crippen molar-refractivity contribution >= 4 is 45.0 Å². The van der Waals surface area contributed by atoms with Gasteiger partial charge in [0.1, 0.15) is 0 Å². The average Bonchev–Trinajstić information content (AvgIpc) is 2.79. The summed E-state index contributed by atoms with van der Waals surface area (Å²) in [6, 6.07) is 20.6. The lowest BCUT2D eigenvalue weighted by Gasteiger charge is -2.23. The molecule has 3 rings (SSSR count). The SMILES string of the molecule is CCN(c1ccc(C(=O)NCc2ccc(Cl)cc2)cc1)S(=O)(=O)c1ccc(SC)cc1. The number of nitrogens with zero attached hydrogens (tertiary/aromatic N) is 1. The first-order valence-electron chi connectivity index (χ1n) is 9.64. The highest BCUT2D eigenvalue weighted by molar-refractivity contribution is 7.98. The second kappa shape index (κ2) is 10.2. The maximum Gasteiger partial charge on any atom is 0.264 e. The molecular formula is C23H23ClN2O3S2. The Kier molecular flexibility index (Phi) is 7.64. The van der Waals surface area contributed by atoms with Crippen molar-refractivity contribution in [3.8, 4) is 0 Å². The van der Waals surface area contributed by atoms with Gasteiger partial charge in [0.05, 0.1) is 10.6 Å². The Morgan fingerprint density at radius 3 is 2.13 bits per heavy atom. The third-order valence-electron chi connectivity index (χ3n) is 4.72. The fourth-order valence-electron chi connectivity index (χ4n) is 3.03. The second-order valence-corrected chi connectivity index (χ2v) is 9.88. The molecule has 162 valence electrons. The van der Waals surface area contributed by atoms with Gasteiger partial charge in [-0.2, -0.15) is 0 Å². The normalized spacial score (nSPS) is 11.2. The maximum absolute atomic E-state index is 13.1. The van der Waals surface area contributed by atoms with Gasteiger partial charge < -0.3 is 5.32 Å². The third-order valence-corrected chi connectivity index (χ3v) is 7.63. The Morgan fingerprint density at radius 1 is 0.968 bits per heavy atom. The van der Waals surface area contributed by atoms with Crippen molar-refractivity contribution in [2.24, 2.45) is 0 Å². The molecule has 0 aliphatic carbocycles. The summed E-state index contributed by atoms with van der Waals surface area (Å²) in [7, 11) is -3.70. The van der Waals surface area contributed by atoms with Crippen LogP contribution < -0.4 is 9.62 Å². The van der Waals surface area contributed by atoms with Crippen molar-refractivity contribution in [3.63, 3.8) is 0 Å². The van der Waals surface area contributed by atoms with Crippen molar-refractivity contribution in [1.82, 2.24) is 5.32 Å². The number of sulfonamides is 1. The van der Waals surface area contributed by atoms with E-state index in [1.54, 1.807) is 79.3 Å². The fraction of sp³-hybridized carbons (Fsp3) is 0.174. The average molecular weight is 475 g/mol. The summed E-state index contributed by atoms with van der Waals surface area (Å²) in [5.74, 6) is -0.236. The van der Waals surface area contributed by atoms with E-state index in [2.05, 4.69) is 5.32 Å². The molecule has 0 unspecified atom stereocenters. The number of carbonyl (C=O) groups excluding carboxylic acids is 1. The molecule has 1 amide bonds. The molecule has 8 heteroatoms. The smallest absolute Gasteiger partial charge is 0.264 e. The summed E-state index contributed by atoms with van der Waals surface area (Å²) in [6.07, 6.45) is 1.94. The van der Waals surface area contributed by atoms with Crippen LogP contribution in [0.5, 0.6) is 0 Å². The van der Waals surface area contributed by atoms with Crippen LogP contribution in [-0.2, 0) is 16.6 Å². The quantitative estimate of drug-likeness (QED) is 0.455. The van der Waals surface area contributed by atoms with Gasteiger partial charge in [-0.05, 0) is 79.4 Å². The van der Waals surface area contributed by atoms with Gasteiger partial charge >= 0.3 is 0 Å². The molecule has 0 heterocycles. The van der Waals surface area contributed by atoms with E-state index < -0.39 is 10.0 Å². The molecule has 0 fully saturated rings. The first-order valence-corrected chi connectivity index (χ1v) is 12.7. The fourth-order valence-corrected chi connectivity index (χ4v) is 5.04. The molecule has 0 spiro atoms. The summed E-state index contributed by atoms with van der Waals surface area (Å²) < 4.78 is 27.5. The molecular weight excluding hydrogens is 452 g/mol. The van der Waals surface area contributed by atoms with E-state index in [0.29, 0.717) is 22.8 Å². The van der Waals surface area contributed by atoms with Gasteiger partial charge in [-0.25, -0.2) is 8.42 Å². The number of nitrogens with one attached hydrogen (secondary N) is 1. The van der Waals surface area contributed by atoms with Crippen LogP contribution in [-0.4, -0.2) is 27.1 Å². The summed E-state index contributed by atoms with van der Waals surface area (Å²) in [5.41, 5.74) is 1.89. The molecule has 0 atom stereocenters. The van der Waals surface area contributed by atoms with Crippen molar-refractivity contribution in [1.29, 1.82) is 0 Å². The largest absolute Gasteiger partial charge is 0.348 e. The number of rotatable bonds is 8. The van der Waals surface area contributed by atoms with Gasteiger partial charge in [-0.1, -0.05) is 23.7 Å². The molecule has 0 aromatic heterocycles. The summed E-state index contributed by atoms with van der Waals surface area (Å²) in [5, 5.41) is 3.49. The van der Waals surface area contributed by atoms with Crippen LogP contribution in [0.4, 0.5) is 5.69 Å². The number of thioether (sulfide) groups is 1. The number of halogens is 1. The Morgan fingerprint density at radius 2 is 1.58 bits per heavy atom. The topological polar surface area (TPSA) is 66.5 Å². The highest BCUT2D eigenvalue weighted by atomic mass is 35.5. The monoisotopic (exact) mass is 474 g/mol. The zero-order valence-corrected chi connectivity index (χ0v) is 19.6. The molecule has 0 aliphatic rings. The lowest BCUT2D eigenvalue weighted by Crippen LogP contribution is -2.31. The van der Waals surface area contributed by atoms with Crippen molar-refractivity contribution in [3.05, 3.63) is 88.9 Å². The van der Waals surface area contributed by atoms with E-state index in [-0.39, 0.29) is 17.3 Å². The standard InChI is InChI=1S/C23H23ClN2O3S2/c1-3-26(31(28,29)22-14-12-21(30-2)13-15-22)20-10-6-18(7-11-20)23(27)25-16-17-4-8-19(24)9-5-17/h4-15H,3,16H2,1-2H3,(H,25,27). The summed E-state index contributed by atoms with van der Waals surface area (Å²) in [6.45, 7) is 2.43. The lowest BCUT2D eigenvalue weighted by atomic mass is 10.1. The number of hydrogen-bond acceptors (Lipinski definition) is 4.